The van der Waals surface area contributed by atoms with E-state index < -0.39 is 0 Å². The molecule has 0 N–H and O–H groups in total. The number of fused-ring (bicyclic) bond motifs is 1. The Morgan fingerprint density at radius 2 is 1.84 bits per heavy atom. The Kier molecular flexibility index (Phi) is 4.29. The number of quaternary nitrogens is 1. The van der Waals surface area contributed by atoms with Gasteiger partial charge in [-0.3, -0.25) is 4.48 Å². The number of hydrogen-bond acceptors (Lipinski definition) is 2. The van der Waals surface area contributed by atoms with Crippen molar-refractivity contribution < 1.29 is 12.4 Å². The molecule has 0 radical (unpaired) electrons. The molecule has 0 unspecified atom stereocenters. The Labute approximate surface area is 124 Å². The molecule has 19 heavy (non-hydrogen) atoms. The minimum Gasteiger partial charge on any atom is -1.00 e. The maximum Gasteiger partial charge on any atom is 0.239 e. The highest BCUT2D eigenvalue weighted by atomic mass is 35.5. The molecule has 0 bridgehead atoms. The lowest BCUT2D eigenvalue weighted by molar-refractivity contribution is -0.00000374. The van der Waals surface area contributed by atoms with E-state index in [0.29, 0.717) is 5.28 Å². The normalized spacial score (nSPS) is 17.4. The maximum absolute atomic E-state index is 6.09. The van der Waals surface area contributed by atoms with Crippen LogP contribution in [0, 0.1) is 0 Å². The second-order valence-electron chi connectivity index (χ2n) is 4.95. The fourth-order valence-electron chi connectivity index (χ4n) is 3.01. The van der Waals surface area contributed by atoms with E-state index in [0.717, 1.165) is 40.8 Å². The standard InChI is InChI=1S/C14H17ClN3.ClH/c1-2-18(9-5-6-10-18)13-11-7-3-4-8-12(11)16-14(15)17-13;/h3-4,7-8H,2,5-6,9-10H2,1H3;1H/q+1;/p-1. The molecular weight excluding hydrogens is 281 g/mol. The van der Waals surface area contributed by atoms with Crippen molar-refractivity contribution in [3.05, 3.63) is 29.5 Å². The van der Waals surface area contributed by atoms with Gasteiger partial charge in [-0.25, -0.2) is 4.98 Å². The van der Waals surface area contributed by atoms with Crippen molar-refractivity contribution in [1.82, 2.24) is 14.5 Å². The average Bonchev–Trinajstić information content (AvgIpc) is 2.87. The summed E-state index contributed by atoms with van der Waals surface area (Å²) in [5.41, 5.74) is 0.949. The van der Waals surface area contributed by atoms with Gasteiger partial charge in [0, 0.05) is 12.8 Å². The molecule has 3 rings (SSSR count). The lowest BCUT2D eigenvalue weighted by Gasteiger charge is -2.31. The summed E-state index contributed by atoms with van der Waals surface area (Å²) in [4.78, 5) is 8.87. The monoisotopic (exact) mass is 297 g/mol. The van der Waals surface area contributed by atoms with Crippen LogP contribution in [0.1, 0.15) is 19.8 Å². The highest BCUT2D eigenvalue weighted by Crippen LogP contribution is 2.33. The largest absolute Gasteiger partial charge is 1.00 e. The van der Waals surface area contributed by atoms with Crippen LogP contribution < -0.4 is 16.9 Å². The van der Waals surface area contributed by atoms with Crippen LogP contribution in [-0.2, 0) is 0 Å². The molecule has 0 amide bonds. The van der Waals surface area contributed by atoms with Crippen LogP contribution in [0.25, 0.3) is 10.9 Å². The number of rotatable bonds is 2. The van der Waals surface area contributed by atoms with Gasteiger partial charge in [-0.2, -0.15) is 4.98 Å². The van der Waals surface area contributed by atoms with Gasteiger partial charge in [-0.1, -0.05) is 12.1 Å². The zero-order chi connectivity index (χ0) is 12.6. The van der Waals surface area contributed by atoms with Gasteiger partial charge in [0.2, 0.25) is 11.1 Å². The van der Waals surface area contributed by atoms with Crippen molar-refractivity contribution in [3.8, 4) is 0 Å². The van der Waals surface area contributed by atoms with Crippen molar-refractivity contribution >= 4 is 28.3 Å². The third-order valence-corrected chi connectivity index (χ3v) is 4.20. The van der Waals surface area contributed by atoms with Crippen LogP contribution in [0.4, 0.5) is 5.82 Å². The zero-order valence-corrected chi connectivity index (χ0v) is 12.5. The molecule has 5 heteroatoms. The highest BCUT2D eigenvalue weighted by Gasteiger charge is 2.36. The summed E-state index contributed by atoms with van der Waals surface area (Å²) < 4.78 is 0.947. The van der Waals surface area contributed by atoms with Gasteiger partial charge < -0.3 is 12.4 Å². The zero-order valence-electron chi connectivity index (χ0n) is 10.9. The lowest BCUT2D eigenvalue weighted by atomic mass is 10.2. The Hall–Kier alpha value is -0.900. The molecule has 1 aliphatic heterocycles. The smallest absolute Gasteiger partial charge is 0.239 e. The molecule has 0 atom stereocenters. The Morgan fingerprint density at radius 3 is 2.53 bits per heavy atom. The molecule has 102 valence electrons. The van der Waals surface area contributed by atoms with E-state index in [2.05, 4.69) is 23.0 Å². The minimum atomic E-state index is 0. The van der Waals surface area contributed by atoms with Crippen molar-refractivity contribution in [3.63, 3.8) is 0 Å². The summed E-state index contributed by atoms with van der Waals surface area (Å²) in [6.45, 7) is 5.62. The molecular formula is C14H17Cl2N3. The van der Waals surface area contributed by atoms with E-state index in [4.69, 9.17) is 11.6 Å². The SMILES string of the molecule is CC[N+]1(c2nc(Cl)nc3ccccc23)CCCC1.[Cl-]. The van der Waals surface area contributed by atoms with Crippen LogP contribution in [-0.4, -0.2) is 29.6 Å². The number of aromatic nitrogens is 2. The summed E-state index contributed by atoms with van der Waals surface area (Å²) in [5, 5.41) is 1.51. The lowest BCUT2D eigenvalue weighted by Crippen LogP contribution is -3.00. The van der Waals surface area contributed by atoms with Gasteiger partial charge >= 0.3 is 0 Å². The number of nitrogens with zero attached hydrogens (tertiary/aromatic N) is 3. The van der Waals surface area contributed by atoms with Crippen LogP contribution in [0.15, 0.2) is 24.3 Å². The van der Waals surface area contributed by atoms with E-state index in [1.807, 2.05) is 18.2 Å². The molecule has 2 heterocycles. The van der Waals surface area contributed by atoms with E-state index in [1.54, 1.807) is 0 Å². The number of para-hydroxylation sites is 1. The van der Waals surface area contributed by atoms with Crippen molar-refractivity contribution in [2.45, 2.75) is 19.8 Å². The van der Waals surface area contributed by atoms with Crippen LogP contribution in [0.2, 0.25) is 5.28 Å². The molecule has 1 saturated heterocycles. The number of halogens is 2. The number of benzene rings is 1. The molecule has 2 aromatic rings. The van der Waals surface area contributed by atoms with Gasteiger partial charge in [0.15, 0.2) is 0 Å². The first-order chi connectivity index (χ1) is 8.75. The van der Waals surface area contributed by atoms with Crippen molar-refractivity contribution in [1.29, 1.82) is 0 Å². The van der Waals surface area contributed by atoms with Crippen molar-refractivity contribution in [2.24, 2.45) is 0 Å². The molecule has 1 fully saturated rings. The van der Waals surface area contributed by atoms with E-state index >= 15 is 0 Å². The maximum atomic E-state index is 6.09. The third-order valence-electron chi connectivity index (χ3n) is 4.03. The first-order valence-electron chi connectivity index (χ1n) is 6.54. The predicted molar refractivity (Wildman–Crippen MR) is 75.9 cm³/mol. The molecule has 0 spiro atoms. The van der Waals surface area contributed by atoms with E-state index in [1.165, 1.54) is 12.8 Å². The summed E-state index contributed by atoms with van der Waals surface area (Å²) in [5.74, 6) is 1.10. The topological polar surface area (TPSA) is 25.8 Å². The van der Waals surface area contributed by atoms with Crippen LogP contribution in [0.5, 0.6) is 0 Å². The Balaban J connectivity index is 0.00000133. The van der Waals surface area contributed by atoms with E-state index in [-0.39, 0.29) is 12.4 Å². The fraction of sp³-hybridized carbons (Fsp3) is 0.429. The summed E-state index contributed by atoms with van der Waals surface area (Å²) in [6, 6.07) is 8.16. The molecule has 1 aliphatic rings. The Bertz CT molecular complexity index is 580. The molecule has 3 nitrogen and oxygen atoms in total. The van der Waals surface area contributed by atoms with E-state index in [9.17, 15) is 0 Å². The first kappa shape index (κ1) is 14.5. The third kappa shape index (κ3) is 2.42. The van der Waals surface area contributed by atoms with Crippen LogP contribution in [0.3, 0.4) is 0 Å². The van der Waals surface area contributed by atoms with Gasteiger partial charge in [-0.05, 0) is 30.7 Å². The second-order valence-corrected chi connectivity index (χ2v) is 5.29. The number of likely N-dealkylation sites (tertiary alicyclic amines) is 1. The van der Waals surface area contributed by atoms with Crippen LogP contribution >= 0.6 is 11.6 Å². The molecule has 1 aromatic heterocycles. The van der Waals surface area contributed by atoms with Gasteiger partial charge in [0.25, 0.3) is 0 Å². The summed E-state index contributed by atoms with van der Waals surface area (Å²) >= 11 is 6.09. The quantitative estimate of drug-likeness (QED) is 0.593. The van der Waals surface area contributed by atoms with Crippen molar-refractivity contribution in [2.75, 3.05) is 19.6 Å². The van der Waals surface area contributed by atoms with Gasteiger partial charge in [0.05, 0.1) is 30.5 Å². The highest BCUT2D eigenvalue weighted by molar-refractivity contribution is 6.28. The summed E-state index contributed by atoms with van der Waals surface area (Å²) in [7, 11) is 0. The Morgan fingerprint density at radius 1 is 1.16 bits per heavy atom. The van der Waals surface area contributed by atoms with Gasteiger partial charge in [0.1, 0.15) is 0 Å². The average molecular weight is 298 g/mol. The minimum absolute atomic E-state index is 0. The second kappa shape index (κ2) is 5.61. The van der Waals surface area contributed by atoms with Gasteiger partial charge in [-0.15, -0.1) is 0 Å². The fourth-order valence-corrected chi connectivity index (χ4v) is 3.18. The number of hydrogen-bond donors (Lipinski definition) is 0. The predicted octanol–water partition coefficient (Wildman–Crippen LogP) is 0.408. The first-order valence-corrected chi connectivity index (χ1v) is 6.92. The molecule has 1 aromatic carbocycles. The summed E-state index contributed by atoms with van der Waals surface area (Å²) in [6.07, 6.45) is 2.54. The molecule has 0 saturated carbocycles. The molecule has 0 aliphatic carbocycles.